The van der Waals surface area contributed by atoms with E-state index >= 15 is 0 Å². The molecule has 0 amide bonds. The molecule has 0 spiro atoms. The van der Waals surface area contributed by atoms with Crippen molar-refractivity contribution in [1.82, 2.24) is 4.57 Å². The van der Waals surface area contributed by atoms with Crippen molar-refractivity contribution < 1.29 is 13.2 Å². The van der Waals surface area contributed by atoms with E-state index in [-0.39, 0.29) is 0 Å². The maximum absolute atomic E-state index is 12.0. The molecule has 0 radical (unpaired) electrons. The Labute approximate surface area is 91.9 Å². The van der Waals surface area contributed by atoms with Gasteiger partial charge in [-0.2, -0.15) is 13.2 Å². The maximum Gasteiger partial charge on any atom is 0.406 e. The molecule has 0 aromatic carbocycles. The fraction of sp³-hybridized carbons (Fsp3) is 0.375. The molecule has 0 N–H and O–H groups in total. The molecule has 1 rings (SSSR count). The summed E-state index contributed by atoms with van der Waals surface area (Å²) in [7, 11) is 0. The van der Waals surface area contributed by atoms with E-state index in [9.17, 15) is 18.0 Å². The lowest BCUT2D eigenvalue weighted by atomic mass is 10.3. The highest BCUT2D eigenvalue weighted by atomic mass is 127. The van der Waals surface area contributed by atoms with Gasteiger partial charge in [0.15, 0.2) is 0 Å². The standard InChI is InChI=1S/C8H7F3INO/c1-5-2-7(14)13(3-6(5)12)4-8(9,10)11/h2-3H,4H2,1H3. The van der Waals surface area contributed by atoms with Gasteiger partial charge in [-0.25, -0.2) is 0 Å². The minimum atomic E-state index is -4.36. The predicted molar refractivity (Wildman–Crippen MR) is 54.2 cm³/mol. The van der Waals surface area contributed by atoms with E-state index in [4.69, 9.17) is 0 Å². The summed E-state index contributed by atoms with van der Waals surface area (Å²) < 4.78 is 37.3. The third-order valence-electron chi connectivity index (χ3n) is 1.62. The second-order valence-corrected chi connectivity index (χ2v) is 4.05. The Morgan fingerprint density at radius 2 is 2.07 bits per heavy atom. The normalized spacial score (nSPS) is 11.8. The van der Waals surface area contributed by atoms with Crippen LogP contribution in [-0.2, 0) is 6.54 Å². The Morgan fingerprint density at radius 1 is 1.50 bits per heavy atom. The van der Waals surface area contributed by atoms with Crippen LogP contribution in [0.15, 0.2) is 17.1 Å². The Hall–Kier alpha value is -0.530. The van der Waals surface area contributed by atoms with Gasteiger partial charge in [-0.1, -0.05) is 0 Å². The molecular weight excluding hydrogens is 310 g/mol. The number of alkyl halides is 3. The van der Waals surface area contributed by atoms with Crippen molar-refractivity contribution in [2.45, 2.75) is 19.6 Å². The molecule has 1 heterocycles. The van der Waals surface area contributed by atoms with Crippen LogP contribution in [0.5, 0.6) is 0 Å². The first kappa shape index (κ1) is 11.5. The van der Waals surface area contributed by atoms with E-state index < -0.39 is 18.3 Å². The second-order valence-electron chi connectivity index (χ2n) is 2.89. The van der Waals surface area contributed by atoms with E-state index in [2.05, 4.69) is 0 Å². The molecule has 0 aliphatic rings. The lowest BCUT2D eigenvalue weighted by molar-refractivity contribution is -0.141. The summed E-state index contributed by atoms with van der Waals surface area (Å²) in [6.45, 7) is 0.448. The number of hydrogen-bond donors (Lipinski definition) is 0. The summed E-state index contributed by atoms with van der Waals surface area (Å²) >= 11 is 1.89. The fourth-order valence-corrected chi connectivity index (χ4v) is 1.45. The first-order chi connectivity index (χ1) is 6.29. The van der Waals surface area contributed by atoms with Crippen LogP contribution in [0.3, 0.4) is 0 Å². The molecule has 2 nitrogen and oxygen atoms in total. The molecule has 14 heavy (non-hydrogen) atoms. The highest BCUT2D eigenvalue weighted by molar-refractivity contribution is 14.1. The van der Waals surface area contributed by atoms with Crippen LogP contribution in [0.25, 0.3) is 0 Å². The quantitative estimate of drug-likeness (QED) is 0.729. The van der Waals surface area contributed by atoms with Crippen LogP contribution < -0.4 is 5.56 Å². The summed E-state index contributed by atoms with van der Waals surface area (Å²) in [6.07, 6.45) is -3.14. The van der Waals surface area contributed by atoms with Gasteiger partial charge in [-0.3, -0.25) is 4.79 Å². The first-order valence-corrected chi connectivity index (χ1v) is 4.81. The summed E-state index contributed by atoms with van der Waals surface area (Å²) in [5.74, 6) is 0. The van der Waals surface area contributed by atoms with Crippen molar-refractivity contribution in [3.05, 3.63) is 31.8 Å². The number of halogens is 4. The van der Waals surface area contributed by atoms with Crippen LogP contribution in [0.1, 0.15) is 5.56 Å². The lowest BCUT2D eigenvalue weighted by Crippen LogP contribution is -2.27. The summed E-state index contributed by atoms with van der Waals surface area (Å²) in [5, 5.41) is 0. The van der Waals surface area contributed by atoms with Crippen LogP contribution in [0, 0.1) is 10.5 Å². The molecule has 0 aliphatic carbocycles. The number of aryl methyl sites for hydroxylation is 1. The number of aromatic nitrogens is 1. The molecule has 78 valence electrons. The van der Waals surface area contributed by atoms with Crippen LogP contribution in [0.2, 0.25) is 0 Å². The summed E-state index contributed by atoms with van der Waals surface area (Å²) in [6, 6.07) is 1.20. The van der Waals surface area contributed by atoms with Gasteiger partial charge in [0, 0.05) is 15.8 Å². The summed E-state index contributed by atoms with van der Waals surface area (Å²) in [4.78, 5) is 11.1. The molecule has 0 saturated heterocycles. The fourth-order valence-electron chi connectivity index (χ4n) is 0.956. The van der Waals surface area contributed by atoms with Gasteiger partial charge >= 0.3 is 6.18 Å². The molecule has 0 unspecified atom stereocenters. The van der Waals surface area contributed by atoms with E-state index in [0.29, 0.717) is 13.7 Å². The van der Waals surface area contributed by atoms with E-state index in [1.807, 2.05) is 22.6 Å². The lowest BCUT2D eigenvalue weighted by Gasteiger charge is -2.10. The average molecular weight is 317 g/mol. The van der Waals surface area contributed by atoms with Gasteiger partial charge in [0.2, 0.25) is 0 Å². The zero-order valence-corrected chi connectivity index (χ0v) is 9.39. The van der Waals surface area contributed by atoms with Crippen molar-refractivity contribution >= 4 is 22.6 Å². The average Bonchev–Trinajstić information content (AvgIpc) is 1.97. The first-order valence-electron chi connectivity index (χ1n) is 3.73. The van der Waals surface area contributed by atoms with Crippen molar-refractivity contribution in [2.24, 2.45) is 0 Å². The van der Waals surface area contributed by atoms with E-state index in [1.54, 1.807) is 6.92 Å². The van der Waals surface area contributed by atoms with Gasteiger partial charge in [-0.15, -0.1) is 0 Å². The Bertz CT molecular complexity index is 397. The number of rotatable bonds is 1. The van der Waals surface area contributed by atoms with Crippen LogP contribution in [-0.4, -0.2) is 10.7 Å². The second kappa shape index (κ2) is 3.92. The van der Waals surface area contributed by atoms with Crippen molar-refractivity contribution in [2.75, 3.05) is 0 Å². The molecule has 0 fully saturated rings. The predicted octanol–water partition coefficient (Wildman–Crippen LogP) is 2.32. The van der Waals surface area contributed by atoms with Gasteiger partial charge in [0.05, 0.1) is 0 Å². The SMILES string of the molecule is Cc1cc(=O)n(CC(F)(F)F)cc1I. The Morgan fingerprint density at radius 3 is 2.57 bits per heavy atom. The molecule has 0 bridgehead atoms. The highest BCUT2D eigenvalue weighted by Crippen LogP contribution is 2.17. The largest absolute Gasteiger partial charge is 0.406 e. The number of pyridine rings is 1. The van der Waals surface area contributed by atoms with Gasteiger partial charge < -0.3 is 4.57 Å². The molecule has 0 aliphatic heterocycles. The summed E-state index contributed by atoms with van der Waals surface area (Å²) in [5.41, 5.74) is 0.0641. The van der Waals surface area contributed by atoms with Crippen molar-refractivity contribution in [3.8, 4) is 0 Å². The maximum atomic E-state index is 12.0. The Kier molecular flexibility index (Phi) is 3.23. The third kappa shape index (κ3) is 3.00. The smallest absolute Gasteiger partial charge is 0.305 e. The molecule has 1 aromatic rings. The van der Waals surface area contributed by atoms with Gasteiger partial charge in [0.1, 0.15) is 6.54 Å². The highest BCUT2D eigenvalue weighted by Gasteiger charge is 2.28. The molecule has 1 aromatic heterocycles. The molecule has 0 saturated carbocycles. The third-order valence-corrected chi connectivity index (χ3v) is 2.75. The Balaban J connectivity index is 3.11. The molecule has 0 atom stereocenters. The van der Waals surface area contributed by atoms with Crippen molar-refractivity contribution in [1.29, 1.82) is 0 Å². The zero-order valence-electron chi connectivity index (χ0n) is 7.23. The van der Waals surface area contributed by atoms with Crippen LogP contribution in [0.4, 0.5) is 13.2 Å². The van der Waals surface area contributed by atoms with Gasteiger partial charge in [0.25, 0.3) is 5.56 Å². The number of hydrogen-bond acceptors (Lipinski definition) is 1. The van der Waals surface area contributed by atoms with Gasteiger partial charge in [-0.05, 0) is 35.1 Å². The minimum Gasteiger partial charge on any atom is -0.305 e. The topological polar surface area (TPSA) is 22.0 Å². The van der Waals surface area contributed by atoms with E-state index in [0.717, 1.165) is 0 Å². The molecular formula is C8H7F3INO. The van der Waals surface area contributed by atoms with E-state index in [1.165, 1.54) is 12.3 Å². The van der Waals surface area contributed by atoms with Crippen LogP contribution >= 0.6 is 22.6 Å². The zero-order chi connectivity index (χ0) is 10.9. The number of nitrogens with zero attached hydrogens (tertiary/aromatic N) is 1. The minimum absolute atomic E-state index is 0.625. The molecule has 6 heteroatoms. The monoisotopic (exact) mass is 317 g/mol. The van der Waals surface area contributed by atoms with Crippen molar-refractivity contribution in [3.63, 3.8) is 0 Å².